The van der Waals surface area contributed by atoms with Crippen molar-refractivity contribution in [2.24, 2.45) is 0 Å². The van der Waals surface area contributed by atoms with Gasteiger partial charge in [-0.1, -0.05) is 14.9 Å². The lowest BCUT2D eigenvalue weighted by atomic mass is 10.7. The lowest BCUT2D eigenvalue weighted by molar-refractivity contribution is -0.106. The Morgan fingerprint density at radius 1 is 0.800 bits per heavy atom. The molecule has 0 spiro atoms. The van der Waals surface area contributed by atoms with Crippen molar-refractivity contribution in [3.05, 3.63) is 0 Å². The average molecular weight is 226 g/mol. The molecule has 15 heavy (non-hydrogen) atoms. The highest BCUT2D eigenvalue weighted by molar-refractivity contribution is 4.22. The van der Waals surface area contributed by atoms with Crippen LogP contribution in [0.25, 0.3) is 0 Å². The van der Waals surface area contributed by atoms with Crippen LogP contribution in [0.5, 0.6) is 0 Å². The molecular formula is C11H30O4. The van der Waals surface area contributed by atoms with Gasteiger partial charge < -0.3 is 18.9 Å². The van der Waals surface area contributed by atoms with E-state index in [1.165, 1.54) is 0 Å². The van der Waals surface area contributed by atoms with E-state index >= 15 is 0 Å². The molecule has 0 fully saturated rings. The molecule has 0 N–H and O–H groups in total. The van der Waals surface area contributed by atoms with Crippen LogP contribution in [-0.2, 0) is 18.9 Å². The smallest absolute Gasteiger partial charge is 0.154 e. The van der Waals surface area contributed by atoms with Crippen LogP contribution in [0.1, 0.15) is 35.6 Å². The Bertz CT molecular complexity index is 84.7. The minimum atomic E-state index is -0.0648. The molecule has 0 aliphatic carbocycles. The van der Waals surface area contributed by atoms with Crippen molar-refractivity contribution in [3.63, 3.8) is 0 Å². The SMILES string of the molecule is C.C.CCOC(C)OC.COC(C)OC. The molecule has 0 aromatic carbocycles. The first-order valence-electron chi connectivity index (χ1n) is 4.32. The zero-order valence-electron chi connectivity index (χ0n) is 9.49. The molecule has 0 saturated carbocycles. The highest BCUT2D eigenvalue weighted by Crippen LogP contribution is 1.87. The van der Waals surface area contributed by atoms with Gasteiger partial charge in [0.15, 0.2) is 12.6 Å². The Hall–Kier alpha value is -0.160. The molecular weight excluding hydrogens is 196 g/mol. The molecule has 98 valence electrons. The molecule has 0 heterocycles. The van der Waals surface area contributed by atoms with Crippen molar-refractivity contribution >= 4 is 0 Å². The highest BCUT2D eigenvalue weighted by atomic mass is 16.7. The first-order chi connectivity index (χ1) is 6.12. The van der Waals surface area contributed by atoms with Gasteiger partial charge >= 0.3 is 0 Å². The van der Waals surface area contributed by atoms with Crippen molar-refractivity contribution in [1.82, 2.24) is 0 Å². The molecule has 4 heteroatoms. The van der Waals surface area contributed by atoms with Crippen LogP contribution < -0.4 is 0 Å². The molecule has 4 nitrogen and oxygen atoms in total. The second-order valence-electron chi connectivity index (χ2n) is 2.30. The second kappa shape index (κ2) is 19.4. The Morgan fingerprint density at radius 3 is 1.20 bits per heavy atom. The van der Waals surface area contributed by atoms with E-state index in [-0.39, 0.29) is 27.4 Å². The molecule has 0 rings (SSSR count). The van der Waals surface area contributed by atoms with Crippen molar-refractivity contribution in [2.75, 3.05) is 27.9 Å². The van der Waals surface area contributed by atoms with E-state index in [1.54, 1.807) is 21.3 Å². The number of rotatable bonds is 5. The van der Waals surface area contributed by atoms with Gasteiger partial charge in [0.05, 0.1) is 0 Å². The van der Waals surface area contributed by atoms with Gasteiger partial charge in [0.2, 0.25) is 0 Å². The summed E-state index contributed by atoms with van der Waals surface area (Å²) < 4.78 is 19.1. The van der Waals surface area contributed by atoms with Crippen molar-refractivity contribution in [3.8, 4) is 0 Å². The van der Waals surface area contributed by atoms with E-state index in [2.05, 4.69) is 9.47 Å². The van der Waals surface area contributed by atoms with Gasteiger partial charge in [-0.3, -0.25) is 0 Å². The summed E-state index contributed by atoms with van der Waals surface area (Å²) in [4.78, 5) is 0. The normalized spacial score (nSPS) is 10.6. The predicted octanol–water partition coefficient (Wildman–Crippen LogP) is 2.91. The van der Waals surface area contributed by atoms with Gasteiger partial charge in [0, 0.05) is 27.9 Å². The fourth-order valence-corrected chi connectivity index (χ4v) is 0.399. The minimum absolute atomic E-state index is 0. The predicted molar refractivity (Wildman–Crippen MR) is 65.0 cm³/mol. The lowest BCUT2D eigenvalue weighted by Crippen LogP contribution is -2.08. The monoisotopic (exact) mass is 226 g/mol. The van der Waals surface area contributed by atoms with E-state index in [4.69, 9.17) is 9.47 Å². The third-order valence-corrected chi connectivity index (χ3v) is 1.40. The third-order valence-electron chi connectivity index (χ3n) is 1.40. The summed E-state index contributed by atoms with van der Waals surface area (Å²) >= 11 is 0. The zero-order chi connectivity index (χ0) is 10.7. The number of ether oxygens (including phenoxy) is 4. The molecule has 0 radical (unpaired) electrons. The Morgan fingerprint density at radius 2 is 1.13 bits per heavy atom. The van der Waals surface area contributed by atoms with E-state index in [0.29, 0.717) is 0 Å². The van der Waals surface area contributed by atoms with Crippen LogP contribution in [0.4, 0.5) is 0 Å². The first-order valence-corrected chi connectivity index (χ1v) is 4.32. The molecule has 0 saturated heterocycles. The molecule has 0 amide bonds. The summed E-state index contributed by atoms with van der Waals surface area (Å²) in [5.41, 5.74) is 0. The molecule has 1 unspecified atom stereocenters. The van der Waals surface area contributed by atoms with E-state index in [9.17, 15) is 0 Å². The van der Waals surface area contributed by atoms with Crippen LogP contribution in [0.3, 0.4) is 0 Å². The van der Waals surface area contributed by atoms with Crippen LogP contribution >= 0.6 is 0 Å². The van der Waals surface area contributed by atoms with E-state index in [1.807, 2.05) is 20.8 Å². The topological polar surface area (TPSA) is 36.9 Å². The van der Waals surface area contributed by atoms with Gasteiger partial charge in [0.1, 0.15) is 0 Å². The third kappa shape index (κ3) is 24.8. The van der Waals surface area contributed by atoms with E-state index in [0.717, 1.165) is 6.61 Å². The van der Waals surface area contributed by atoms with Crippen LogP contribution in [0.2, 0.25) is 0 Å². The molecule has 0 aromatic heterocycles. The summed E-state index contributed by atoms with van der Waals surface area (Å²) in [5.74, 6) is 0. The van der Waals surface area contributed by atoms with E-state index < -0.39 is 0 Å². The van der Waals surface area contributed by atoms with Gasteiger partial charge in [-0.15, -0.1) is 0 Å². The second-order valence-corrected chi connectivity index (χ2v) is 2.30. The molecule has 0 bridgehead atoms. The van der Waals surface area contributed by atoms with Crippen LogP contribution in [0.15, 0.2) is 0 Å². The summed E-state index contributed by atoms with van der Waals surface area (Å²) in [7, 11) is 4.84. The maximum atomic E-state index is 4.97. The summed E-state index contributed by atoms with van der Waals surface area (Å²) in [6.07, 6.45) is -0.116. The maximum Gasteiger partial charge on any atom is 0.154 e. The number of methoxy groups -OCH3 is 3. The van der Waals surface area contributed by atoms with Crippen molar-refractivity contribution in [2.45, 2.75) is 48.2 Å². The van der Waals surface area contributed by atoms with Crippen molar-refractivity contribution < 1.29 is 18.9 Å². The fourth-order valence-electron chi connectivity index (χ4n) is 0.399. The molecule has 0 aromatic rings. The first kappa shape index (κ1) is 24.2. The van der Waals surface area contributed by atoms with Gasteiger partial charge in [-0.25, -0.2) is 0 Å². The number of hydrogen-bond donors (Lipinski definition) is 0. The maximum absolute atomic E-state index is 4.97. The quantitative estimate of drug-likeness (QED) is 0.675. The zero-order valence-corrected chi connectivity index (χ0v) is 9.49. The molecule has 1 atom stereocenters. The molecule has 0 aliphatic rings. The Balaban J connectivity index is -0.0000000718. The minimum Gasteiger partial charge on any atom is -0.356 e. The average Bonchev–Trinajstić information content (AvgIpc) is 2.18. The fraction of sp³-hybridized carbons (Fsp3) is 1.00. The van der Waals surface area contributed by atoms with Crippen LogP contribution in [0, 0.1) is 0 Å². The Labute approximate surface area is 95.9 Å². The highest BCUT2D eigenvalue weighted by Gasteiger charge is 1.91. The lowest BCUT2D eigenvalue weighted by Gasteiger charge is -2.06. The summed E-state index contributed by atoms with van der Waals surface area (Å²) in [6.45, 7) is 6.36. The van der Waals surface area contributed by atoms with Gasteiger partial charge in [0.25, 0.3) is 0 Å². The van der Waals surface area contributed by atoms with Gasteiger partial charge in [-0.2, -0.15) is 0 Å². The molecule has 0 aliphatic heterocycles. The Kier molecular flexibility index (Phi) is 31.3. The van der Waals surface area contributed by atoms with Gasteiger partial charge in [-0.05, 0) is 20.8 Å². The van der Waals surface area contributed by atoms with Crippen molar-refractivity contribution in [1.29, 1.82) is 0 Å². The largest absolute Gasteiger partial charge is 0.356 e. The summed E-state index contributed by atoms with van der Waals surface area (Å²) in [5, 5.41) is 0. The number of hydrogen-bond acceptors (Lipinski definition) is 4. The standard InChI is InChI=1S/C5H12O2.C4H10O2.2CH4/c1-4-7-5(2)6-3;1-4(5-2)6-3;;/h5H,4H2,1-3H3;4H,1-3H3;2*1H4. The summed E-state index contributed by atoms with van der Waals surface area (Å²) in [6, 6.07) is 0. The van der Waals surface area contributed by atoms with Crippen LogP contribution in [-0.4, -0.2) is 40.5 Å².